The van der Waals surface area contributed by atoms with Gasteiger partial charge in [-0.05, 0) is 95.1 Å². The van der Waals surface area contributed by atoms with Gasteiger partial charge in [-0.25, -0.2) is 0 Å². The van der Waals surface area contributed by atoms with Gasteiger partial charge in [0.1, 0.15) is 11.2 Å². The average Bonchev–Trinajstić information content (AvgIpc) is 4.08. The van der Waals surface area contributed by atoms with E-state index in [4.69, 9.17) is 4.42 Å². The van der Waals surface area contributed by atoms with Crippen LogP contribution >= 0.6 is 0 Å². The van der Waals surface area contributed by atoms with E-state index in [0.29, 0.717) is 0 Å². The van der Waals surface area contributed by atoms with Crippen molar-refractivity contribution in [1.29, 1.82) is 0 Å². The number of benzene rings is 9. The van der Waals surface area contributed by atoms with Gasteiger partial charge in [0.05, 0.1) is 33.1 Å². The molecule has 0 N–H and O–H groups in total. The van der Waals surface area contributed by atoms with Crippen molar-refractivity contribution < 1.29 is 4.42 Å². The van der Waals surface area contributed by atoms with Crippen molar-refractivity contribution in [3.63, 3.8) is 0 Å². The molecule has 286 valence electrons. The van der Waals surface area contributed by atoms with Crippen LogP contribution in [0.1, 0.15) is 25.0 Å². The Labute approximate surface area is 350 Å². The molecule has 4 aromatic heterocycles. The third kappa shape index (κ3) is 4.23. The summed E-state index contributed by atoms with van der Waals surface area (Å²) in [5, 5.41) is 9.69. The lowest BCUT2D eigenvalue weighted by atomic mass is 9.82. The fraction of sp³-hybridized carbons (Fsp3) is 0.0526. The lowest BCUT2D eigenvalue weighted by Gasteiger charge is -2.22. The minimum Gasteiger partial charge on any atom is -0.456 e. The van der Waals surface area contributed by atoms with E-state index >= 15 is 0 Å². The third-order valence-corrected chi connectivity index (χ3v) is 13.8. The van der Waals surface area contributed by atoms with Crippen molar-refractivity contribution in [2.75, 3.05) is 0 Å². The average molecular weight is 780 g/mol. The Morgan fingerprint density at radius 1 is 0.344 bits per heavy atom. The normalized spacial score (nSPS) is 13.5. The number of nitrogens with zero attached hydrogens (tertiary/aromatic N) is 3. The molecule has 0 radical (unpaired) electrons. The topological polar surface area (TPSA) is 27.9 Å². The summed E-state index contributed by atoms with van der Waals surface area (Å²) in [4.78, 5) is 0. The van der Waals surface area contributed by atoms with E-state index < -0.39 is 0 Å². The van der Waals surface area contributed by atoms with Crippen LogP contribution in [0.25, 0.3) is 116 Å². The molecule has 4 heterocycles. The lowest BCUT2D eigenvalue weighted by Crippen LogP contribution is -2.15. The SMILES string of the molecule is CC1(C)c2ccccc2-c2ccc(-n3c4c(ccc5c4c4ccccc4n5-c4ccccc4)c4ccc5c(c6ccccc6n5-c5ccc6oc7ccccc7c6c5)c43)cc21. The summed E-state index contributed by atoms with van der Waals surface area (Å²) in [6.45, 7) is 4.76. The highest BCUT2D eigenvalue weighted by molar-refractivity contribution is 6.31. The molecule has 9 aromatic carbocycles. The van der Waals surface area contributed by atoms with E-state index in [2.05, 4.69) is 210 Å². The standard InChI is InChI=1S/C57H37N3O/c1-57(2)45-20-10-6-16-37(45)38-26-24-36(33-46(38)57)60-55-40(27-29-49-53(55)42-18-7-11-21-47(42)58(49)34-14-4-3-5-15-34)41-28-30-50-54(56(41)60)43-19-8-12-22-48(43)59(50)35-25-31-52-44(32-35)39-17-9-13-23-51(39)61-52/h3-33H,1-2H3. The lowest BCUT2D eigenvalue weighted by molar-refractivity contribution is 0.660. The van der Waals surface area contributed by atoms with E-state index in [1.165, 1.54) is 93.4 Å². The van der Waals surface area contributed by atoms with Crippen molar-refractivity contribution in [2.24, 2.45) is 0 Å². The van der Waals surface area contributed by atoms with Crippen molar-refractivity contribution >= 4 is 87.4 Å². The van der Waals surface area contributed by atoms with Gasteiger partial charge < -0.3 is 18.1 Å². The molecule has 0 amide bonds. The highest BCUT2D eigenvalue weighted by Crippen LogP contribution is 2.51. The molecule has 1 aliphatic rings. The predicted molar refractivity (Wildman–Crippen MR) is 254 cm³/mol. The maximum atomic E-state index is 6.30. The number of hydrogen-bond acceptors (Lipinski definition) is 1. The molecule has 4 nitrogen and oxygen atoms in total. The summed E-state index contributed by atoms with van der Waals surface area (Å²) in [5.74, 6) is 0. The second-order valence-electron chi connectivity index (χ2n) is 17.3. The summed E-state index contributed by atoms with van der Waals surface area (Å²) in [7, 11) is 0. The van der Waals surface area contributed by atoms with Crippen LogP contribution in [-0.2, 0) is 5.41 Å². The Morgan fingerprint density at radius 3 is 1.61 bits per heavy atom. The minimum atomic E-state index is -0.152. The van der Waals surface area contributed by atoms with Crippen LogP contribution in [0.3, 0.4) is 0 Å². The fourth-order valence-corrected chi connectivity index (χ4v) is 11.2. The Hall–Kier alpha value is -7.82. The number of furan rings is 1. The first kappa shape index (κ1) is 33.1. The Bertz CT molecular complexity index is 4020. The molecular weight excluding hydrogens is 743 g/mol. The van der Waals surface area contributed by atoms with Gasteiger partial charge in [-0.15, -0.1) is 0 Å². The van der Waals surface area contributed by atoms with Crippen LogP contribution in [0, 0.1) is 0 Å². The maximum absolute atomic E-state index is 6.30. The summed E-state index contributed by atoms with van der Waals surface area (Å²) < 4.78 is 13.8. The molecule has 0 aliphatic heterocycles. The maximum Gasteiger partial charge on any atom is 0.135 e. The van der Waals surface area contributed by atoms with E-state index in [1.807, 2.05) is 6.07 Å². The van der Waals surface area contributed by atoms with Gasteiger partial charge in [0.2, 0.25) is 0 Å². The molecule has 0 bridgehead atoms. The van der Waals surface area contributed by atoms with Crippen LogP contribution in [0.2, 0.25) is 0 Å². The molecule has 0 fully saturated rings. The van der Waals surface area contributed by atoms with Gasteiger partial charge in [-0.2, -0.15) is 0 Å². The summed E-state index contributed by atoms with van der Waals surface area (Å²) >= 11 is 0. The molecule has 0 spiro atoms. The zero-order chi connectivity index (χ0) is 40.1. The number of rotatable bonds is 3. The van der Waals surface area contributed by atoms with Crippen LogP contribution < -0.4 is 0 Å². The van der Waals surface area contributed by atoms with Gasteiger partial charge >= 0.3 is 0 Å². The zero-order valence-electron chi connectivity index (χ0n) is 33.6. The molecule has 0 saturated heterocycles. The molecular formula is C57H37N3O. The van der Waals surface area contributed by atoms with Crippen molar-refractivity contribution in [3.05, 3.63) is 199 Å². The molecule has 1 aliphatic carbocycles. The minimum absolute atomic E-state index is 0.152. The van der Waals surface area contributed by atoms with Crippen LogP contribution in [-0.4, -0.2) is 13.7 Å². The molecule has 0 unspecified atom stereocenters. The number of hydrogen-bond donors (Lipinski definition) is 0. The number of para-hydroxylation sites is 4. The van der Waals surface area contributed by atoms with Gasteiger partial charge in [-0.1, -0.05) is 129 Å². The number of fused-ring (bicyclic) bond motifs is 17. The summed E-state index contributed by atoms with van der Waals surface area (Å²) in [5.41, 5.74) is 17.6. The second-order valence-corrected chi connectivity index (χ2v) is 17.3. The molecule has 4 heteroatoms. The first-order valence-electron chi connectivity index (χ1n) is 21.2. The molecule has 14 rings (SSSR count). The van der Waals surface area contributed by atoms with Gasteiger partial charge in [-0.3, -0.25) is 0 Å². The largest absolute Gasteiger partial charge is 0.456 e. The van der Waals surface area contributed by atoms with E-state index in [1.54, 1.807) is 0 Å². The zero-order valence-corrected chi connectivity index (χ0v) is 33.6. The van der Waals surface area contributed by atoms with Crippen LogP contribution in [0.15, 0.2) is 192 Å². The highest BCUT2D eigenvalue weighted by atomic mass is 16.3. The first-order chi connectivity index (χ1) is 30.0. The second kappa shape index (κ2) is 11.7. The van der Waals surface area contributed by atoms with Crippen LogP contribution in [0.5, 0.6) is 0 Å². The molecule has 13 aromatic rings. The monoisotopic (exact) mass is 779 g/mol. The van der Waals surface area contributed by atoms with E-state index in [-0.39, 0.29) is 5.41 Å². The van der Waals surface area contributed by atoms with Crippen molar-refractivity contribution in [1.82, 2.24) is 13.7 Å². The first-order valence-corrected chi connectivity index (χ1v) is 21.2. The summed E-state index contributed by atoms with van der Waals surface area (Å²) in [6.07, 6.45) is 0. The van der Waals surface area contributed by atoms with Gasteiger partial charge in [0.15, 0.2) is 0 Å². The Morgan fingerprint density at radius 2 is 0.885 bits per heavy atom. The Kier molecular flexibility index (Phi) is 6.33. The molecule has 61 heavy (non-hydrogen) atoms. The quantitative estimate of drug-likeness (QED) is 0.176. The molecule has 0 saturated carbocycles. The fourth-order valence-electron chi connectivity index (χ4n) is 11.2. The van der Waals surface area contributed by atoms with Crippen LogP contribution in [0.4, 0.5) is 0 Å². The predicted octanol–water partition coefficient (Wildman–Crippen LogP) is 15.2. The number of aromatic nitrogens is 3. The smallest absolute Gasteiger partial charge is 0.135 e. The van der Waals surface area contributed by atoms with E-state index in [0.717, 1.165) is 33.3 Å². The highest BCUT2D eigenvalue weighted by Gasteiger charge is 2.36. The van der Waals surface area contributed by atoms with Gasteiger partial charge in [0, 0.05) is 65.6 Å². The molecule has 0 atom stereocenters. The van der Waals surface area contributed by atoms with Crippen molar-refractivity contribution in [2.45, 2.75) is 19.3 Å². The third-order valence-electron chi connectivity index (χ3n) is 13.8. The van der Waals surface area contributed by atoms with Gasteiger partial charge in [0.25, 0.3) is 0 Å². The van der Waals surface area contributed by atoms with E-state index in [9.17, 15) is 0 Å². The summed E-state index contributed by atoms with van der Waals surface area (Å²) in [6, 6.07) is 69.2. The Balaban J connectivity index is 1.17. The van der Waals surface area contributed by atoms with Crippen molar-refractivity contribution in [3.8, 4) is 28.2 Å².